The highest BCUT2D eigenvalue weighted by molar-refractivity contribution is 9.10. The summed E-state index contributed by atoms with van der Waals surface area (Å²) in [5.74, 6) is 0.691. The zero-order chi connectivity index (χ0) is 16.4. The first-order chi connectivity index (χ1) is 11.0. The Hall–Kier alpha value is -1.63. The van der Waals surface area contributed by atoms with Gasteiger partial charge in [-0.25, -0.2) is 0 Å². The van der Waals surface area contributed by atoms with Gasteiger partial charge in [-0.15, -0.1) is 0 Å². The first-order valence-electron chi connectivity index (χ1n) is 7.05. The highest BCUT2D eigenvalue weighted by Gasteiger charge is 2.21. The van der Waals surface area contributed by atoms with Crippen LogP contribution < -0.4 is 4.74 Å². The summed E-state index contributed by atoms with van der Waals surface area (Å²) in [5, 5.41) is 0. The highest BCUT2D eigenvalue weighted by Crippen LogP contribution is 2.33. The number of hydrogen-bond acceptors (Lipinski definition) is 4. The zero-order valence-corrected chi connectivity index (χ0v) is 14.8. The van der Waals surface area contributed by atoms with Crippen LogP contribution in [0.4, 0.5) is 0 Å². The van der Waals surface area contributed by atoms with Gasteiger partial charge in [-0.2, -0.15) is 8.42 Å². The Morgan fingerprint density at radius 1 is 1.17 bits per heavy atom. The van der Waals surface area contributed by atoms with Crippen molar-refractivity contribution in [3.63, 3.8) is 0 Å². The van der Waals surface area contributed by atoms with Crippen LogP contribution in [0.2, 0.25) is 0 Å². The Kier molecular flexibility index (Phi) is 4.57. The summed E-state index contributed by atoms with van der Waals surface area (Å²) in [5.41, 5.74) is 1.93. The molecule has 6 heteroatoms. The first-order valence-corrected chi connectivity index (χ1v) is 9.25. The fourth-order valence-electron chi connectivity index (χ4n) is 2.20. The molecule has 3 rings (SSSR count). The lowest BCUT2D eigenvalue weighted by Gasteiger charge is -2.22. The molecule has 0 fully saturated rings. The van der Waals surface area contributed by atoms with Crippen molar-refractivity contribution in [2.24, 2.45) is 0 Å². The molecular formula is C17H15BrO4S. The molecule has 1 unspecified atom stereocenters. The van der Waals surface area contributed by atoms with E-state index in [1.165, 1.54) is 12.1 Å². The Labute approximate surface area is 144 Å². The molecule has 2 aromatic carbocycles. The van der Waals surface area contributed by atoms with Gasteiger partial charge in [0.15, 0.2) is 0 Å². The molecule has 1 heterocycles. The number of aryl methyl sites for hydroxylation is 1. The average Bonchev–Trinajstić information content (AvgIpc) is 2.54. The minimum atomic E-state index is -3.79. The van der Waals surface area contributed by atoms with Crippen LogP contribution >= 0.6 is 15.9 Å². The third kappa shape index (κ3) is 3.65. The normalized spacial score (nSPS) is 16.7. The molecule has 4 nitrogen and oxygen atoms in total. The Bertz CT molecular complexity index is 841. The van der Waals surface area contributed by atoms with Crippen molar-refractivity contribution in [2.45, 2.75) is 17.9 Å². The van der Waals surface area contributed by atoms with Gasteiger partial charge in [0.2, 0.25) is 0 Å². The number of ether oxygens (including phenoxy) is 1. The molecular weight excluding hydrogens is 380 g/mol. The first kappa shape index (κ1) is 16.2. The number of hydrogen-bond donors (Lipinski definition) is 0. The quantitative estimate of drug-likeness (QED) is 0.736. The van der Waals surface area contributed by atoms with E-state index in [0.29, 0.717) is 5.75 Å². The molecule has 1 aliphatic heterocycles. The molecule has 1 atom stereocenters. The van der Waals surface area contributed by atoms with Crippen molar-refractivity contribution < 1.29 is 17.3 Å². The lowest BCUT2D eigenvalue weighted by atomic mass is 10.1. The molecule has 0 aromatic heterocycles. The fourth-order valence-corrected chi connectivity index (χ4v) is 3.60. The van der Waals surface area contributed by atoms with Gasteiger partial charge in [-0.05, 0) is 47.1 Å². The SMILES string of the molecule is Cc1ccc(S(=O)(=O)OCC2C=Cc3cccc(Br)c3O2)cc1. The van der Waals surface area contributed by atoms with Gasteiger partial charge in [-0.1, -0.05) is 35.9 Å². The third-order valence-electron chi connectivity index (χ3n) is 3.45. The van der Waals surface area contributed by atoms with E-state index in [1.54, 1.807) is 18.2 Å². The van der Waals surface area contributed by atoms with E-state index in [4.69, 9.17) is 8.92 Å². The predicted octanol–water partition coefficient (Wildman–Crippen LogP) is 3.94. The maximum atomic E-state index is 12.2. The Morgan fingerprint density at radius 2 is 1.91 bits per heavy atom. The molecule has 0 saturated heterocycles. The van der Waals surface area contributed by atoms with Crippen LogP contribution in [0.15, 0.2) is 57.9 Å². The second-order valence-electron chi connectivity index (χ2n) is 5.23. The van der Waals surface area contributed by atoms with Crippen molar-refractivity contribution in [3.05, 3.63) is 64.1 Å². The van der Waals surface area contributed by atoms with Gasteiger partial charge in [0, 0.05) is 5.56 Å². The maximum absolute atomic E-state index is 12.2. The molecule has 0 radical (unpaired) electrons. The average molecular weight is 395 g/mol. The monoisotopic (exact) mass is 394 g/mol. The van der Waals surface area contributed by atoms with Crippen LogP contribution in [-0.2, 0) is 14.3 Å². The van der Waals surface area contributed by atoms with Crippen molar-refractivity contribution >= 4 is 32.1 Å². The summed E-state index contributed by atoms with van der Waals surface area (Å²) in [6.07, 6.45) is 3.23. The third-order valence-corrected chi connectivity index (χ3v) is 5.37. The van der Waals surface area contributed by atoms with Gasteiger partial charge < -0.3 is 4.74 Å². The van der Waals surface area contributed by atoms with Crippen LogP contribution in [-0.4, -0.2) is 21.1 Å². The van der Waals surface area contributed by atoms with Gasteiger partial charge in [0.05, 0.1) is 9.37 Å². The topological polar surface area (TPSA) is 52.6 Å². The lowest BCUT2D eigenvalue weighted by molar-refractivity contribution is 0.164. The Morgan fingerprint density at radius 3 is 2.65 bits per heavy atom. The van der Waals surface area contributed by atoms with Crippen LogP contribution in [0.3, 0.4) is 0 Å². The van der Waals surface area contributed by atoms with E-state index in [2.05, 4.69) is 15.9 Å². The number of benzene rings is 2. The van der Waals surface area contributed by atoms with E-state index >= 15 is 0 Å². The highest BCUT2D eigenvalue weighted by atomic mass is 79.9. The van der Waals surface area contributed by atoms with E-state index in [-0.39, 0.29) is 11.5 Å². The molecule has 0 saturated carbocycles. The van der Waals surface area contributed by atoms with E-state index in [1.807, 2.05) is 31.2 Å². The molecule has 0 N–H and O–H groups in total. The van der Waals surface area contributed by atoms with E-state index < -0.39 is 16.2 Å². The summed E-state index contributed by atoms with van der Waals surface area (Å²) in [4.78, 5) is 0.143. The number of rotatable bonds is 4. The summed E-state index contributed by atoms with van der Waals surface area (Å²) < 4.78 is 36.1. The van der Waals surface area contributed by atoms with Gasteiger partial charge in [0.25, 0.3) is 10.1 Å². The van der Waals surface area contributed by atoms with Crippen molar-refractivity contribution in [2.75, 3.05) is 6.61 Å². The van der Waals surface area contributed by atoms with Crippen LogP contribution in [0.5, 0.6) is 5.75 Å². The fraction of sp³-hybridized carbons (Fsp3) is 0.176. The number of halogens is 1. The maximum Gasteiger partial charge on any atom is 0.297 e. The Balaban J connectivity index is 1.70. The zero-order valence-electron chi connectivity index (χ0n) is 12.4. The number of fused-ring (bicyclic) bond motifs is 1. The standard InChI is InChI=1S/C17H15BrO4S/c1-12-5-9-15(10-6-12)23(19,20)21-11-14-8-7-13-3-2-4-16(18)17(13)22-14/h2-10,14H,11H2,1H3. The number of para-hydroxylation sites is 1. The molecule has 1 aliphatic rings. The molecule has 0 amide bonds. The predicted molar refractivity (Wildman–Crippen MR) is 91.9 cm³/mol. The van der Waals surface area contributed by atoms with Gasteiger partial charge in [0.1, 0.15) is 18.5 Å². The molecule has 0 bridgehead atoms. The summed E-state index contributed by atoms with van der Waals surface area (Å²) >= 11 is 3.43. The second kappa shape index (κ2) is 6.47. The molecule has 120 valence electrons. The van der Waals surface area contributed by atoms with Crippen LogP contribution in [0.25, 0.3) is 6.08 Å². The summed E-state index contributed by atoms with van der Waals surface area (Å²) in [7, 11) is -3.79. The van der Waals surface area contributed by atoms with Crippen molar-refractivity contribution in [1.82, 2.24) is 0 Å². The van der Waals surface area contributed by atoms with E-state index in [0.717, 1.165) is 15.6 Å². The smallest absolute Gasteiger partial charge is 0.297 e. The van der Waals surface area contributed by atoms with Crippen LogP contribution in [0, 0.1) is 6.92 Å². The van der Waals surface area contributed by atoms with Crippen molar-refractivity contribution in [3.8, 4) is 5.75 Å². The summed E-state index contributed by atoms with van der Waals surface area (Å²) in [6, 6.07) is 12.3. The van der Waals surface area contributed by atoms with Gasteiger partial charge in [-0.3, -0.25) is 4.18 Å². The molecule has 23 heavy (non-hydrogen) atoms. The molecule has 0 spiro atoms. The molecule has 2 aromatic rings. The largest absolute Gasteiger partial charge is 0.482 e. The minimum absolute atomic E-state index is 0.0759. The van der Waals surface area contributed by atoms with Crippen LogP contribution in [0.1, 0.15) is 11.1 Å². The second-order valence-corrected chi connectivity index (χ2v) is 7.69. The van der Waals surface area contributed by atoms with Crippen molar-refractivity contribution in [1.29, 1.82) is 0 Å². The minimum Gasteiger partial charge on any atom is -0.482 e. The van der Waals surface area contributed by atoms with E-state index in [9.17, 15) is 8.42 Å². The molecule has 0 aliphatic carbocycles. The summed E-state index contributed by atoms with van der Waals surface area (Å²) in [6.45, 7) is 1.82. The van der Waals surface area contributed by atoms with Gasteiger partial charge >= 0.3 is 0 Å². The lowest BCUT2D eigenvalue weighted by Crippen LogP contribution is -2.25.